The summed E-state index contributed by atoms with van der Waals surface area (Å²) in [6.07, 6.45) is 4.54. The highest BCUT2D eigenvalue weighted by Crippen LogP contribution is 2.38. The first-order valence-electron chi connectivity index (χ1n) is 8.69. The Morgan fingerprint density at radius 2 is 1.80 bits per heavy atom. The van der Waals surface area contributed by atoms with Crippen molar-refractivity contribution in [2.24, 2.45) is 0 Å². The molecule has 1 aromatic heterocycles. The van der Waals surface area contributed by atoms with E-state index in [0.29, 0.717) is 0 Å². The standard InChI is InChI=1S/C21H22N2O2/c1-24-14-11-12-19(20(13-14)25-2)23-21-15-7-3-5-9-17(15)22-18-10-6-4-8-16(18)21/h3,5,7,9,11-13H,4,6,8,10H2,1-2H3,(H,22,23). The van der Waals surface area contributed by atoms with E-state index in [-0.39, 0.29) is 0 Å². The summed E-state index contributed by atoms with van der Waals surface area (Å²) in [4.78, 5) is 4.90. The quantitative estimate of drug-likeness (QED) is 0.739. The summed E-state index contributed by atoms with van der Waals surface area (Å²) in [5.74, 6) is 1.55. The topological polar surface area (TPSA) is 43.4 Å². The summed E-state index contributed by atoms with van der Waals surface area (Å²) < 4.78 is 10.9. The number of methoxy groups -OCH3 is 2. The molecule has 0 fully saturated rings. The van der Waals surface area contributed by atoms with Gasteiger partial charge < -0.3 is 14.8 Å². The monoisotopic (exact) mass is 334 g/mol. The number of fused-ring (bicyclic) bond motifs is 2. The summed E-state index contributed by atoms with van der Waals surface area (Å²) in [6, 6.07) is 14.2. The van der Waals surface area contributed by atoms with Gasteiger partial charge in [-0.15, -0.1) is 0 Å². The van der Waals surface area contributed by atoms with Crippen LogP contribution < -0.4 is 14.8 Å². The van der Waals surface area contributed by atoms with Gasteiger partial charge in [0.2, 0.25) is 0 Å². The van der Waals surface area contributed by atoms with E-state index in [1.54, 1.807) is 14.2 Å². The van der Waals surface area contributed by atoms with Crippen LogP contribution in [-0.4, -0.2) is 19.2 Å². The molecule has 0 radical (unpaired) electrons. The Balaban J connectivity index is 1.86. The summed E-state index contributed by atoms with van der Waals surface area (Å²) in [6.45, 7) is 0. The number of nitrogens with one attached hydrogen (secondary N) is 1. The van der Waals surface area contributed by atoms with Crippen molar-refractivity contribution in [3.63, 3.8) is 0 Å². The Bertz CT molecular complexity index is 921. The van der Waals surface area contributed by atoms with Gasteiger partial charge in [-0.25, -0.2) is 0 Å². The molecule has 25 heavy (non-hydrogen) atoms. The molecule has 0 bridgehead atoms. The number of hydrogen-bond donors (Lipinski definition) is 1. The van der Waals surface area contributed by atoms with E-state index in [0.717, 1.165) is 46.6 Å². The average Bonchev–Trinajstić information content (AvgIpc) is 2.68. The Morgan fingerprint density at radius 1 is 0.960 bits per heavy atom. The lowest BCUT2D eigenvalue weighted by Crippen LogP contribution is -2.10. The molecule has 128 valence electrons. The SMILES string of the molecule is COc1ccc(Nc2c3c(nc4ccccc24)CCCC3)c(OC)c1. The highest BCUT2D eigenvalue weighted by atomic mass is 16.5. The van der Waals surface area contributed by atoms with Gasteiger partial charge in [-0.2, -0.15) is 0 Å². The predicted molar refractivity (Wildman–Crippen MR) is 101 cm³/mol. The minimum Gasteiger partial charge on any atom is -0.497 e. The number of ether oxygens (including phenoxy) is 2. The second-order valence-corrected chi connectivity index (χ2v) is 6.33. The van der Waals surface area contributed by atoms with Gasteiger partial charge in [0.1, 0.15) is 11.5 Å². The van der Waals surface area contributed by atoms with E-state index in [9.17, 15) is 0 Å². The molecule has 1 aliphatic carbocycles. The molecule has 0 saturated heterocycles. The van der Waals surface area contributed by atoms with Crippen LogP contribution in [0.3, 0.4) is 0 Å². The van der Waals surface area contributed by atoms with Crippen LogP contribution >= 0.6 is 0 Å². The van der Waals surface area contributed by atoms with E-state index >= 15 is 0 Å². The second kappa shape index (κ2) is 6.63. The van der Waals surface area contributed by atoms with Gasteiger partial charge in [0.05, 0.1) is 31.1 Å². The highest BCUT2D eigenvalue weighted by molar-refractivity contribution is 5.95. The van der Waals surface area contributed by atoms with E-state index < -0.39 is 0 Å². The number of aromatic nitrogens is 1. The molecule has 0 aliphatic heterocycles. The van der Waals surface area contributed by atoms with Crippen LogP contribution in [0, 0.1) is 0 Å². The van der Waals surface area contributed by atoms with Gasteiger partial charge in [0.15, 0.2) is 0 Å². The fourth-order valence-electron chi connectivity index (χ4n) is 3.55. The van der Waals surface area contributed by atoms with Gasteiger partial charge in [-0.3, -0.25) is 4.98 Å². The normalized spacial score (nSPS) is 13.4. The minimum atomic E-state index is 0.768. The first kappa shape index (κ1) is 15.8. The van der Waals surface area contributed by atoms with Crippen molar-refractivity contribution in [1.29, 1.82) is 0 Å². The number of para-hydroxylation sites is 1. The smallest absolute Gasteiger partial charge is 0.145 e. The maximum atomic E-state index is 5.56. The number of pyridine rings is 1. The number of anilines is 2. The van der Waals surface area contributed by atoms with E-state index in [1.165, 1.54) is 24.1 Å². The van der Waals surface area contributed by atoms with E-state index in [4.69, 9.17) is 14.5 Å². The molecule has 4 rings (SSSR count). The zero-order valence-electron chi connectivity index (χ0n) is 14.6. The maximum absolute atomic E-state index is 5.56. The lowest BCUT2D eigenvalue weighted by molar-refractivity contribution is 0.395. The van der Waals surface area contributed by atoms with E-state index in [2.05, 4.69) is 23.5 Å². The molecule has 0 spiro atoms. The predicted octanol–water partition coefficient (Wildman–Crippen LogP) is 4.87. The Morgan fingerprint density at radius 3 is 2.64 bits per heavy atom. The summed E-state index contributed by atoms with van der Waals surface area (Å²) in [5.41, 5.74) is 5.69. The van der Waals surface area contributed by atoms with Crippen LogP contribution in [0.15, 0.2) is 42.5 Å². The number of aryl methyl sites for hydroxylation is 1. The molecule has 0 saturated carbocycles. The van der Waals surface area contributed by atoms with E-state index in [1.807, 2.05) is 24.3 Å². The van der Waals surface area contributed by atoms with Gasteiger partial charge in [0, 0.05) is 17.1 Å². The Labute approximate surface area is 147 Å². The highest BCUT2D eigenvalue weighted by Gasteiger charge is 2.19. The summed E-state index contributed by atoms with van der Waals surface area (Å²) in [7, 11) is 3.34. The summed E-state index contributed by atoms with van der Waals surface area (Å²) >= 11 is 0. The molecular formula is C21H22N2O2. The first-order chi connectivity index (χ1) is 12.3. The Kier molecular flexibility index (Phi) is 4.18. The fraction of sp³-hybridized carbons (Fsp3) is 0.286. The van der Waals surface area contributed by atoms with Crippen molar-refractivity contribution in [3.05, 3.63) is 53.7 Å². The number of benzene rings is 2. The zero-order valence-corrected chi connectivity index (χ0v) is 14.6. The molecule has 0 unspecified atom stereocenters. The third-order valence-corrected chi connectivity index (χ3v) is 4.84. The molecule has 4 nitrogen and oxygen atoms in total. The van der Waals surface area contributed by atoms with Gasteiger partial charge in [-0.1, -0.05) is 18.2 Å². The zero-order chi connectivity index (χ0) is 17.2. The molecule has 1 N–H and O–H groups in total. The lowest BCUT2D eigenvalue weighted by Gasteiger charge is -2.22. The molecule has 1 aliphatic rings. The van der Waals surface area contributed by atoms with Crippen molar-refractivity contribution >= 4 is 22.3 Å². The third-order valence-electron chi connectivity index (χ3n) is 4.84. The molecule has 4 heteroatoms. The lowest BCUT2D eigenvalue weighted by atomic mass is 9.92. The molecular weight excluding hydrogens is 312 g/mol. The molecule has 0 amide bonds. The largest absolute Gasteiger partial charge is 0.497 e. The second-order valence-electron chi connectivity index (χ2n) is 6.33. The van der Waals surface area contributed by atoms with Crippen LogP contribution in [0.4, 0.5) is 11.4 Å². The average molecular weight is 334 g/mol. The first-order valence-corrected chi connectivity index (χ1v) is 8.69. The van der Waals surface area contributed by atoms with Crippen molar-refractivity contribution < 1.29 is 9.47 Å². The van der Waals surface area contributed by atoms with Crippen molar-refractivity contribution in [2.75, 3.05) is 19.5 Å². The minimum absolute atomic E-state index is 0.768. The number of rotatable bonds is 4. The third kappa shape index (κ3) is 2.88. The van der Waals surface area contributed by atoms with Crippen LogP contribution in [0.25, 0.3) is 10.9 Å². The fourth-order valence-corrected chi connectivity index (χ4v) is 3.55. The molecule has 1 heterocycles. The number of hydrogen-bond acceptors (Lipinski definition) is 4. The van der Waals surface area contributed by atoms with Gasteiger partial charge in [0.25, 0.3) is 0 Å². The maximum Gasteiger partial charge on any atom is 0.145 e. The van der Waals surface area contributed by atoms with Crippen LogP contribution in [-0.2, 0) is 12.8 Å². The van der Waals surface area contributed by atoms with Crippen molar-refractivity contribution in [2.45, 2.75) is 25.7 Å². The van der Waals surface area contributed by atoms with Crippen molar-refractivity contribution in [3.8, 4) is 11.5 Å². The van der Waals surface area contributed by atoms with Gasteiger partial charge >= 0.3 is 0 Å². The van der Waals surface area contributed by atoms with Gasteiger partial charge in [-0.05, 0) is 49.4 Å². The molecule has 3 aromatic rings. The van der Waals surface area contributed by atoms with Crippen molar-refractivity contribution in [1.82, 2.24) is 4.98 Å². The van der Waals surface area contributed by atoms with Crippen LogP contribution in [0.2, 0.25) is 0 Å². The molecule has 0 atom stereocenters. The summed E-state index contributed by atoms with van der Waals surface area (Å²) in [5, 5.41) is 4.78. The molecule has 2 aromatic carbocycles. The van der Waals surface area contributed by atoms with Crippen LogP contribution in [0.5, 0.6) is 11.5 Å². The Hall–Kier alpha value is -2.75. The van der Waals surface area contributed by atoms with Crippen LogP contribution in [0.1, 0.15) is 24.1 Å². The number of nitrogens with zero attached hydrogens (tertiary/aromatic N) is 1.